The van der Waals surface area contributed by atoms with Gasteiger partial charge >= 0.3 is 0 Å². The van der Waals surface area contributed by atoms with Gasteiger partial charge < -0.3 is 24.8 Å². The van der Waals surface area contributed by atoms with E-state index in [1.807, 2.05) is 42.5 Å². The number of methoxy groups -OCH3 is 2. The highest BCUT2D eigenvalue weighted by Crippen LogP contribution is 2.31. The summed E-state index contributed by atoms with van der Waals surface area (Å²) in [5.41, 5.74) is 1.93. The van der Waals surface area contributed by atoms with E-state index in [1.54, 1.807) is 20.3 Å². The molecule has 27 heavy (non-hydrogen) atoms. The van der Waals surface area contributed by atoms with E-state index < -0.39 is 0 Å². The van der Waals surface area contributed by atoms with Crippen molar-refractivity contribution < 1.29 is 14.2 Å². The Morgan fingerprint density at radius 1 is 1.15 bits per heavy atom. The molecule has 2 N–H and O–H groups in total. The normalized spacial score (nSPS) is 11.2. The Balaban J connectivity index is 2.06. The number of thiocarbonyl (C=S) groups is 1. The van der Waals surface area contributed by atoms with Gasteiger partial charge in [-0.2, -0.15) is 0 Å². The van der Waals surface area contributed by atoms with Crippen LogP contribution in [0.3, 0.4) is 0 Å². The first-order valence-corrected chi connectivity index (χ1v) is 9.15. The van der Waals surface area contributed by atoms with Crippen molar-refractivity contribution >= 4 is 23.0 Å². The number of ether oxygens (including phenoxy) is 3. The van der Waals surface area contributed by atoms with Crippen LogP contribution >= 0.6 is 12.2 Å². The highest BCUT2D eigenvalue weighted by Gasteiger charge is 2.14. The molecule has 6 heteroatoms. The highest BCUT2D eigenvalue weighted by molar-refractivity contribution is 7.80. The second kappa shape index (κ2) is 10.4. The maximum Gasteiger partial charge on any atom is 0.171 e. The van der Waals surface area contributed by atoms with Crippen LogP contribution in [0.15, 0.2) is 55.1 Å². The zero-order valence-corrected chi connectivity index (χ0v) is 16.8. The molecule has 0 fully saturated rings. The number of hydrogen-bond acceptors (Lipinski definition) is 4. The van der Waals surface area contributed by atoms with Crippen molar-refractivity contribution in [3.05, 3.63) is 60.7 Å². The van der Waals surface area contributed by atoms with Crippen LogP contribution < -0.4 is 24.8 Å². The molecule has 1 atom stereocenters. The molecule has 144 valence electrons. The standard InChI is InChI=1S/C21H26N2O3S/c1-5-12-26-17-9-7-8-16(14-17)22-21(27)23-18(6-2)15-10-11-19(24-3)20(13-15)25-4/h5,7-11,13-14,18H,1,6,12H2,2-4H3,(H2,22,23,27)/t18-/m1/s1. The molecule has 0 spiro atoms. The zero-order chi connectivity index (χ0) is 19.6. The predicted molar refractivity (Wildman–Crippen MR) is 114 cm³/mol. The molecule has 2 aromatic rings. The topological polar surface area (TPSA) is 51.8 Å². The van der Waals surface area contributed by atoms with E-state index in [9.17, 15) is 0 Å². The van der Waals surface area contributed by atoms with Crippen molar-refractivity contribution in [2.24, 2.45) is 0 Å². The molecular formula is C21H26N2O3S. The lowest BCUT2D eigenvalue weighted by Crippen LogP contribution is -2.32. The van der Waals surface area contributed by atoms with E-state index in [0.717, 1.165) is 23.4 Å². The van der Waals surface area contributed by atoms with Crippen LogP contribution in [0, 0.1) is 0 Å². The van der Waals surface area contributed by atoms with Gasteiger partial charge in [-0.3, -0.25) is 0 Å². The first kappa shape index (κ1) is 20.6. The summed E-state index contributed by atoms with van der Waals surface area (Å²) in [5.74, 6) is 2.16. The van der Waals surface area contributed by atoms with E-state index in [2.05, 4.69) is 24.1 Å². The summed E-state index contributed by atoms with van der Waals surface area (Å²) in [6.45, 7) is 6.21. The molecule has 0 amide bonds. The Morgan fingerprint density at radius 3 is 2.59 bits per heavy atom. The third-order valence-electron chi connectivity index (χ3n) is 3.98. The summed E-state index contributed by atoms with van der Waals surface area (Å²) in [6.07, 6.45) is 2.57. The smallest absolute Gasteiger partial charge is 0.171 e. The Kier molecular flexibility index (Phi) is 7.95. The Hall–Kier alpha value is -2.73. The average molecular weight is 387 g/mol. The molecular weight excluding hydrogens is 360 g/mol. The molecule has 0 aromatic heterocycles. The van der Waals surface area contributed by atoms with Gasteiger partial charge in [-0.05, 0) is 48.5 Å². The largest absolute Gasteiger partial charge is 0.493 e. The van der Waals surface area contributed by atoms with Crippen molar-refractivity contribution in [2.45, 2.75) is 19.4 Å². The van der Waals surface area contributed by atoms with Gasteiger partial charge in [0.1, 0.15) is 12.4 Å². The maximum atomic E-state index is 5.55. The highest BCUT2D eigenvalue weighted by atomic mass is 32.1. The first-order chi connectivity index (χ1) is 13.1. The van der Waals surface area contributed by atoms with Gasteiger partial charge in [0.2, 0.25) is 0 Å². The maximum absolute atomic E-state index is 5.55. The number of anilines is 1. The molecule has 0 aliphatic carbocycles. The lowest BCUT2D eigenvalue weighted by atomic mass is 10.0. The van der Waals surface area contributed by atoms with Crippen molar-refractivity contribution in [2.75, 3.05) is 26.1 Å². The lowest BCUT2D eigenvalue weighted by molar-refractivity contribution is 0.354. The third-order valence-corrected chi connectivity index (χ3v) is 4.20. The molecule has 0 bridgehead atoms. The van der Waals surface area contributed by atoms with Gasteiger partial charge in [0.15, 0.2) is 16.6 Å². The fourth-order valence-electron chi connectivity index (χ4n) is 2.63. The number of benzene rings is 2. The van der Waals surface area contributed by atoms with Crippen LogP contribution in [-0.2, 0) is 0 Å². The summed E-state index contributed by atoms with van der Waals surface area (Å²) in [6, 6.07) is 13.6. The Labute approximate surface area is 166 Å². The van der Waals surface area contributed by atoms with Gasteiger partial charge in [0.25, 0.3) is 0 Å². The summed E-state index contributed by atoms with van der Waals surface area (Å²) in [7, 11) is 3.25. The summed E-state index contributed by atoms with van der Waals surface area (Å²) in [4.78, 5) is 0. The minimum atomic E-state index is 0.0463. The summed E-state index contributed by atoms with van der Waals surface area (Å²) in [5, 5.41) is 7.09. The second-order valence-electron chi connectivity index (χ2n) is 5.80. The molecule has 0 heterocycles. The van der Waals surface area contributed by atoms with Crippen LogP contribution in [0.1, 0.15) is 24.9 Å². The summed E-state index contributed by atoms with van der Waals surface area (Å²) >= 11 is 5.48. The van der Waals surface area contributed by atoms with Crippen LogP contribution in [0.5, 0.6) is 17.2 Å². The number of rotatable bonds is 9. The predicted octanol–water partition coefficient (Wildman–Crippen LogP) is 4.71. The molecule has 0 unspecified atom stereocenters. The monoisotopic (exact) mass is 386 g/mol. The van der Waals surface area contributed by atoms with Crippen LogP contribution in [0.2, 0.25) is 0 Å². The van der Waals surface area contributed by atoms with Crippen molar-refractivity contribution in [1.29, 1.82) is 0 Å². The zero-order valence-electron chi connectivity index (χ0n) is 16.0. The Bertz CT molecular complexity index is 780. The molecule has 0 radical (unpaired) electrons. The van der Waals surface area contributed by atoms with Crippen LogP contribution in [-0.4, -0.2) is 25.9 Å². The fourth-order valence-corrected chi connectivity index (χ4v) is 2.89. The molecule has 2 aromatic carbocycles. The van der Waals surface area contributed by atoms with Gasteiger partial charge in [-0.25, -0.2) is 0 Å². The number of hydrogen-bond donors (Lipinski definition) is 2. The molecule has 5 nitrogen and oxygen atoms in total. The van der Waals surface area contributed by atoms with Gasteiger partial charge in [-0.15, -0.1) is 0 Å². The SMILES string of the molecule is C=CCOc1cccc(NC(=S)N[C@H](CC)c2ccc(OC)c(OC)c2)c1. The Morgan fingerprint density at radius 2 is 1.93 bits per heavy atom. The lowest BCUT2D eigenvalue weighted by Gasteiger charge is -2.21. The first-order valence-electron chi connectivity index (χ1n) is 8.74. The van der Waals surface area contributed by atoms with Crippen LogP contribution in [0.25, 0.3) is 0 Å². The van der Waals surface area contributed by atoms with E-state index in [4.69, 9.17) is 26.4 Å². The van der Waals surface area contributed by atoms with E-state index >= 15 is 0 Å². The molecule has 0 saturated carbocycles. The summed E-state index contributed by atoms with van der Waals surface area (Å²) < 4.78 is 16.2. The minimum Gasteiger partial charge on any atom is -0.493 e. The van der Waals surface area contributed by atoms with Crippen molar-refractivity contribution in [3.63, 3.8) is 0 Å². The molecule has 0 aliphatic rings. The quantitative estimate of drug-likeness (QED) is 0.481. The molecule has 2 rings (SSSR count). The van der Waals surface area contributed by atoms with E-state index in [0.29, 0.717) is 23.2 Å². The van der Waals surface area contributed by atoms with Gasteiger partial charge in [-0.1, -0.05) is 31.7 Å². The van der Waals surface area contributed by atoms with E-state index in [1.165, 1.54) is 0 Å². The fraction of sp³-hybridized carbons (Fsp3) is 0.286. The van der Waals surface area contributed by atoms with Crippen LogP contribution in [0.4, 0.5) is 5.69 Å². The minimum absolute atomic E-state index is 0.0463. The third kappa shape index (κ3) is 5.89. The molecule has 0 aliphatic heterocycles. The average Bonchev–Trinajstić information content (AvgIpc) is 2.70. The van der Waals surface area contributed by atoms with Crippen molar-refractivity contribution in [1.82, 2.24) is 5.32 Å². The number of nitrogens with one attached hydrogen (secondary N) is 2. The molecule has 0 saturated heterocycles. The van der Waals surface area contributed by atoms with Gasteiger partial charge in [0.05, 0.1) is 20.3 Å². The van der Waals surface area contributed by atoms with E-state index in [-0.39, 0.29) is 6.04 Å². The van der Waals surface area contributed by atoms with Crippen molar-refractivity contribution in [3.8, 4) is 17.2 Å². The second-order valence-corrected chi connectivity index (χ2v) is 6.21. The van der Waals surface area contributed by atoms with Gasteiger partial charge in [0, 0.05) is 11.8 Å².